The van der Waals surface area contributed by atoms with E-state index in [2.05, 4.69) is 22.9 Å². The number of hydrogen-bond acceptors (Lipinski definition) is 10. The van der Waals surface area contributed by atoms with E-state index in [0.717, 1.165) is 43.2 Å². The molecule has 2 heterocycles. The highest BCUT2D eigenvalue weighted by molar-refractivity contribution is 7.85. The standard InChI is InChI=1S/C40H54N8O6S/c1-26-12-9-10-21-47(26)38(43)48-24-30(17-20-36(48)42)54-34-19-18-33(31-15-7-8-16-32(31)34)45-39(49)46-37(23-35(41)40(3,4)5)44-28-13-11-14-29(22-28)53-27(2)25-52-55(6,50)51/h7-8,11,13-17,20,22-24,26-27,33-34,41-44H,9-10,12,18-19,21,25H2,1-6H3,(H2,45,46,49)/b37-23+,41-35?,42-36?,43-38?/t26-,27-,33-,34+/m0/s1. The number of carbonyl (C=O) groups is 1. The lowest BCUT2D eigenvalue weighted by Gasteiger charge is -2.36. The molecule has 0 radical (unpaired) electrons. The molecular weight excluding hydrogens is 721 g/mol. The number of nitrogens with zero attached hydrogens (tertiary/aromatic N) is 2. The van der Waals surface area contributed by atoms with Gasteiger partial charge in [-0.15, -0.1) is 0 Å². The van der Waals surface area contributed by atoms with Crippen LogP contribution in [0.1, 0.15) is 90.0 Å². The zero-order valence-electron chi connectivity index (χ0n) is 32.4. The Morgan fingerprint density at radius 2 is 1.75 bits per heavy atom. The summed E-state index contributed by atoms with van der Waals surface area (Å²) in [6.07, 6.45) is 7.82. The van der Waals surface area contributed by atoms with Crippen LogP contribution < -0.4 is 30.9 Å². The lowest BCUT2D eigenvalue weighted by Crippen LogP contribution is -2.47. The number of urea groups is 1. The molecule has 0 unspecified atom stereocenters. The minimum Gasteiger partial charge on any atom is -0.488 e. The Hall–Kier alpha value is -5.15. The summed E-state index contributed by atoms with van der Waals surface area (Å²) in [5.41, 5.74) is 2.45. The van der Waals surface area contributed by atoms with Gasteiger partial charge in [-0.3, -0.25) is 24.9 Å². The first kappa shape index (κ1) is 41.0. The third kappa shape index (κ3) is 11.4. The molecule has 1 fully saturated rings. The van der Waals surface area contributed by atoms with Crippen molar-refractivity contribution in [2.45, 2.75) is 91.0 Å². The van der Waals surface area contributed by atoms with Gasteiger partial charge in [0.25, 0.3) is 10.1 Å². The van der Waals surface area contributed by atoms with Crippen molar-refractivity contribution in [2.75, 3.05) is 24.7 Å². The molecule has 2 aromatic carbocycles. The van der Waals surface area contributed by atoms with Gasteiger partial charge in [0.15, 0.2) is 0 Å². The topological polar surface area (TPSA) is 195 Å². The molecular formula is C40H54N8O6S. The van der Waals surface area contributed by atoms with Gasteiger partial charge in [0.05, 0.1) is 18.5 Å². The Bertz CT molecular complexity index is 2080. The minimum absolute atomic E-state index is 0.147. The number of hydrogen-bond donors (Lipinski definition) is 6. The predicted molar refractivity (Wildman–Crippen MR) is 213 cm³/mol. The van der Waals surface area contributed by atoms with E-state index < -0.39 is 27.7 Å². The number of rotatable bonds is 12. The van der Waals surface area contributed by atoms with Gasteiger partial charge in [0, 0.05) is 41.5 Å². The molecule has 1 saturated heterocycles. The number of aromatic nitrogens is 1. The number of likely N-dealkylation sites (tertiary alicyclic amines) is 1. The van der Waals surface area contributed by atoms with Crippen LogP contribution in [0.5, 0.6) is 11.5 Å². The molecule has 1 aliphatic carbocycles. The molecule has 55 heavy (non-hydrogen) atoms. The van der Waals surface area contributed by atoms with Gasteiger partial charge in [0.1, 0.15) is 41.6 Å². The molecule has 2 aliphatic rings. The van der Waals surface area contributed by atoms with Gasteiger partial charge in [-0.05, 0) is 81.3 Å². The summed E-state index contributed by atoms with van der Waals surface area (Å²) in [6, 6.07) is 17.7. The fourth-order valence-corrected chi connectivity index (χ4v) is 6.97. The molecule has 3 aromatic rings. The third-order valence-electron chi connectivity index (χ3n) is 9.56. The third-order valence-corrected chi connectivity index (χ3v) is 10.1. The fourth-order valence-electron chi connectivity index (χ4n) is 6.53. The number of nitrogens with one attached hydrogen (secondary N) is 6. The largest absolute Gasteiger partial charge is 0.488 e. The molecule has 0 bridgehead atoms. The Morgan fingerprint density at radius 3 is 2.45 bits per heavy atom. The molecule has 4 atom stereocenters. The molecule has 2 amide bonds. The smallest absolute Gasteiger partial charge is 0.320 e. The molecule has 5 rings (SSSR count). The molecule has 15 heteroatoms. The normalized spacial score (nSPS) is 19.4. The van der Waals surface area contributed by atoms with Crippen molar-refractivity contribution in [1.29, 1.82) is 16.2 Å². The maximum Gasteiger partial charge on any atom is 0.320 e. The number of piperidine rings is 1. The van der Waals surface area contributed by atoms with Gasteiger partial charge < -0.3 is 30.4 Å². The van der Waals surface area contributed by atoms with Crippen molar-refractivity contribution in [2.24, 2.45) is 5.41 Å². The molecule has 296 valence electrons. The predicted octanol–water partition coefficient (Wildman–Crippen LogP) is 6.64. The summed E-state index contributed by atoms with van der Waals surface area (Å²) in [5.74, 6) is 1.57. The van der Waals surface area contributed by atoms with Crippen LogP contribution in [0.3, 0.4) is 0 Å². The van der Waals surface area contributed by atoms with Crippen molar-refractivity contribution in [3.05, 3.63) is 95.4 Å². The van der Waals surface area contributed by atoms with Crippen molar-refractivity contribution < 1.29 is 26.9 Å². The van der Waals surface area contributed by atoms with Crippen molar-refractivity contribution >= 4 is 33.5 Å². The van der Waals surface area contributed by atoms with E-state index in [9.17, 15) is 13.2 Å². The fraction of sp³-hybridized carbons (Fsp3) is 0.450. The van der Waals surface area contributed by atoms with Crippen LogP contribution in [-0.2, 0) is 14.3 Å². The van der Waals surface area contributed by atoms with Crippen LogP contribution in [-0.4, -0.2) is 67.1 Å². The summed E-state index contributed by atoms with van der Waals surface area (Å²) >= 11 is 0. The van der Waals surface area contributed by atoms with Crippen LogP contribution in [0.2, 0.25) is 0 Å². The highest BCUT2D eigenvalue weighted by atomic mass is 32.2. The number of benzene rings is 2. The number of pyridine rings is 1. The number of allylic oxidation sites excluding steroid dienone is 1. The summed E-state index contributed by atoms with van der Waals surface area (Å²) in [4.78, 5) is 15.7. The van der Waals surface area contributed by atoms with Crippen LogP contribution in [0.15, 0.2) is 78.8 Å². The van der Waals surface area contributed by atoms with E-state index in [4.69, 9.17) is 29.9 Å². The average Bonchev–Trinajstić information content (AvgIpc) is 3.12. The number of carbonyl (C=O) groups excluding carboxylic acids is 1. The van der Waals surface area contributed by atoms with Crippen LogP contribution in [0, 0.1) is 21.6 Å². The molecule has 14 nitrogen and oxygen atoms in total. The molecule has 1 aliphatic heterocycles. The SMILES string of the molecule is C[C@@H](COS(C)(=O)=O)Oc1cccc(N/C(=C\C(=N)C(C)(C)C)NC(=O)N[C@H]2CC[C@@H](Oc3ccc(=N)n(C(=N)N4CCCC[C@@H]4C)c3)c3ccccc32)c1. The van der Waals surface area contributed by atoms with Crippen molar-refractivity contribution in [3.8, 4) is 11.5 Å². The first-order valence-corrected chi connectivity index (χ1v) is 20.4. The van der Waals surface area contributed by atoms with E-state index in [1.54, 1.807) is 60.2 Å². The second-order valence-electron chi connectivity index (χ2n) is 15.2. The lowest BCUT2D eigenvalue weighted by molar-refractivity contribution is 0.147. The Balaban J connectivity index is 1.28. The van der Waals surface area contributed by atoms with Gasteiger partial charge >= 0.3 is 6.03 Å². The van der Waals surface area contributed by atoms with Crippen LogP contribution in [0.25, 0.3) is 0 Å². The Kier molecular flexibility index (Phi) is 13.1. The maximum atomic E-state index is 13.6. The van der Waals surface area contributed by atoms with Crippen molar-refractivity contribution in [1.82, 2.24) is 20.1 Å². The monoisotopic (exact) mass is 774 g/mol. The van der Waals surface area contributed by atoms with E-state index >= 15 is 0 Å². The molecule has 1 aromatic heterocycles. The molecule has 0 saturated carbocycles. The zero-order chi connectivity index (χ0) is 39.9. The van der Waals surface area contributed by atoms with E-state index in [-0.39, 0.29) is 47.8 Å². The average molecular weight is 775 g/mol. The number of amides is 2. The minimum atomic E-state index is -3.61. The number of anilines is 1. The van der Waals surface area contributed by atoms with Gasteiger partial charge in [0.2, 0.25) is 5.96 Å². The highest BCUT2D eigenvalue weighted by Gasteiger charge is 2.30. The van der Waals surface area contributed by atoms with Gasteiger partial charge in [-0.25, -0.2) is 4.79 Å². The lowest BCUT2D eigenvalue weighted by atomic mass is 9.85. The molecule has 6 N–H and O–H groups in total. The first-order valence-electron chi connectivity index (χ1n) is 18.6. The van der Waals surface area contributed by atoms with Gasteiger partial charge in [-0.2, -0.15) is 8.42 Å². The number of ether oxygens (including phenoxy) is 2. The summed E-state index contributed by atoms with van der Waals surface area (Å²) in [7, 11) is -3.61. The van der Waals surface area contributed by atoms with E-state index in [0.29, 0.717) is 30.0 Å². The summed E-state index contributed by atoms with van der Waals surface area (Å²) in [5, 5.41) is 35.3. The first-order chi connectivity index (χ1) is 26.0. The quantitative estimate of drug-likeness (QED) is 0.0669. The second-order valence-corrected chi connectivity index (χ2v) is 16.9. The molecule has 0 spiro atoms. The highest BCUT2D eigenvalue weighted by Crippen LogP contribution is 2.38. The second kappa shape index (κ2) is 17.5. The summed E-state index contributed by atoms with van der Waals surface area (Å²) < 4.78 is 41.6. The van der Waals surface area contributed by atoms with E-state index in [1.165, 1.54) is 0 Å². The van der Waals surface area contributed by atoms with Crippen LogP contribution >= 0.6 is 0 Å². The van der Waals surface area contributed by atoms with E-state index in [1.807, 2.05) is 49.9 Å². The zero-order valence-corrected chi connectivity index (χ0v) is 33.3. The Morgan fingerprint density at radius 1 is 1.00 bits per heavy atom. The van der Waals surface area contributed by atoms with Crippen molar-refractivity contribution in [3.63, 3.8) is 0 Å². The van der Waals surface area contributed by atoms with Gasteiger partial charge in [-0.1, -0.05) is 51.1 Å². The Labute approximate surface area is 323 Å². The summed E-state index contributed by atoms with van der Waals surface area (Å²) in [6.45, 7) is 10.2. The number of fused-ring (bicyclic) bond motifs is 1. The maximum absolute atomic E-state index is 13.6. The van der Waals surface area contributed by atoms with Crippen LogP contribution in [0.4, 0.5) is 10.5 Å².